The molecule has 176 valence electrons. The number of hydrogen-bond donors (Lipinski definition) is 1. The van der Waals surface area contributed by atoms with E-state index in [1.54, 1.807) is 42.5 Å². The highest BCUT2D eigenvalue weighted by Gasteiger charge is 2.27. The maximum atomic E-state index is 13.3. The van der Waals surface area contributed by atoms with Gasteiger partial charge in [0.15, 0.2) is 0 Å². The number of nitrogens with one attached hydrogen (secondary N) is 1. The molecule has 3 rings (SSSR count). The van der Waals surface area contributed by atoms with Gasteiger partial charge in [0.25, 0.3) is 15.9 Å². The number of sulfonamides is 1. The van der Waals surface area contributed by atoms with Crippen molar-refractivity contribution in [2.75, 3.05) is 18.0 Å². The number of carbonyl (C=O) groups is 2. The van der Waals surface area contributed by atoms with Crippen LogP contribution in [0.15, 0.2) is 82.8 Å². The first kappa shape index (κ1) is 25.2. The second-order valence-corrected chi connectivity index (χ2v) is 9.59. The molecule has 3 aromatic carbocycles. The predicted molar refractivity (Wildman–Crippen MR) is 131 cm³/mol. The quantitative estimate of drug-likeness (QED) is 0.273. The molecule has 8 nitrogen and oxygen atoms in total. The third-order valence-electron chi connectivity index (χ3n) is 4.49. The van der Waals surface area contributed by atoms with Gasteiger partial charge in [-0.1, -0.05) is 53.5 Å². The van der Waals surface area contributed by atoms with Gasteiger partial charge < -0.3 is 4.74 Å². The molecule has 34 heavy (non-hydrogen) atoms. The lowest BCUT2D eigenvalue weighted by molar-refractivity contribution is -0.119. The standard InChI is InChI=1S/C23H19Cl2N3O5S/c1-33-23(30)17-9-7-16(8-10-17)14-26-27-22(29)15-28(20-12-18(24)11-19(25)13-20)34(31,32)21-5-3-2-4-6-21/h2-14H,15H2,1H3,(H,27,29)/b26-14-. The lowest BCUT2D eigenvalue weighted by Gasteiger charge is -2.24. The zero-order chi connectivity index (χ0) is 24.7. The van der Waals surface area contributed by atoms with Crippen LogP contribution in [0.25, 0.3) is 0 Å². The number of nitrogens with zero attached hydrogens (tertiary/aromatic N) is 2. The first-order chi connectivity index (χ1) is 16.2. The van der Waals surface area contributed by atoms with Gasteiger partial charge in [0.2, 0.25) is 0 Å². The molecular weight excluding hydrogens is 501 g/mol. The normalized spacial score (nSPS) is 11.3. The number of hydrogen-bond acceptors (Lipinski definition) is 6. The summed E-state index contributed by atoms with van der Waals surface area (Å²) in [7, 11) is -2.83. The highest BCUT2D eigenvalue weighted by atomic mass is 35.5. The van der Waals surface area contributed by atoms with Crippen molar-refractivity contribution >= 4 is 57.0 Å². The smallest absolute Gasteiger partial charge is 0.337 e. The summed E-state index contributed by atoms with van der Waals surface area (Å²) in [6, 6.07) is 18.2. The number of methoxy groups -OCH3 is 1. The van der Waals surface area contributed by atoms with Gasteiger partial charge in [0.1, 0.15) is 6.54 Å². The summed E-state index contributed by atoms with van der Waals surface area (Å²) in [5, 5.41) is 4.28. The molecule has 0 atom stereocenters. The van der Waals surface area contributed by atoms with E-state index in [4.69, 9.17) is 23.2 Å². The van der Waals surface area contributed by atoms with Crippen LogP contribution < -0.4 is 9.73 Å². The fourth-order valence-corrected chi connectivity index (χ4v) is 4.83. The minimum atomic E-state index is -4.12. The Morgan fingerprint density at radius 3 is 2.21 bits per heavy atom. The molecule has 0 aliphatic rings. The van der Waals surface area contributed by atoms with Gasteiger partial charge in [-0.25, -0.2) is 18.6 Å². The summed E-state index contributed by atoms with van der Waals surface area (Å²) < 4.78 is 32.1. The minimum Gasteiger partial charge on any atom is -0.465 e. The van der Waals surface area contributed by atoms with Gasteiger partial charge in [0, 0.05) is 10.0 Å². The van der Waals surface area contributed by atoms with Crippen LogP contribution in [0.1, 0.15) is 15.9 Å². The molecule has 0 saturated carbocycles. The number of hydrazone groups is 1. The van der Waals surface area contributed by atoms with Gasteiger partial charge in [-0.3, -0.25) is 9.10 Å². The average molecular weight is 520 g/mol. The summed E-state index contributed by atoms with van der Waals surface area (Å²) in [5.41, 5.74) is 3.39. The van der Waals surface area contributed by atoms with Crippen molar-refractivity contribution in [1.82, 2.24) is 5.43 Å². The third kappa shape index (κ3) is 6.34. The van der Waals surface area contributed by atoms with Crippen LogP contribution in [0.2, 0.25) is 10.0 Å². The average Bonchev–Trinajstić information content (AvgIpc) is 2.82. The van der Waals surface area contributed by atoms with E-state index in [0.29, 0.717) is 11.1 Å². The Labute approximate surface area is 206 Å². The molecule has 0 aliphatic heterocycles. The topological polar surface area (TPSA) is 105 Å². The SMILES string of the molecule is COC(=O)c1ccc(/C=N\NC(=O)CN(c2cc(Cl)cc(Cl)c2)S(=O)(=O)c2ccccc2)cc1. The Hall–Kier alpha value is -3.40. The zero-order valence-corrected chi connectivity index (χ0v) is 20.1. The van der Waals surface area contributed by atoms with E-state index >= 15 is 0 Å². The van der Waals surface area contributed by atoms with E-state index in [1.165, 1.54) is 43.7 Å². The molecule has 1 amide bonds. The summed E-state index contributed by atoms with van der Waals surface area (Å²) in [6.45, 7) is -0.577. The second kappa shape index (κ2) is 11.1. The molecule has 0 aliphatic carbocycles. The first-order valence-electron chi connectivity index (χ1n) is 9.75. The van der Waals surface area contributed by atoms with Crippen LogP contribution in [-0.2, 0) is 19.6 Å². The fourth-order valence-electron chi connectivity index (χ4n) is 2.89. The van der Waals surface area contributed by atoms with Crippen LogP contribution in [0.3, 0.4) is 0 Å². The van der Waals surface area contributed by atoms with Gasteiger partial charge in [-0.2, -0.15) is 5.10 Å². The Balaban J connectivity index is 1.80. The van der Waals surface area contributed by atoms with Crippen LogP contribution in [-0.4, -0.2) is 40.2 Å². The molecular formula is C23H19Cl2N3O5S. The number of carbonyl (C=O) groups excluding carboxylic acids is 2. The van der Waals surface area contributed by atoms with E-state index in [-0.39, 0.29) is 20.6 Å². The fraction of sp³-hybridized carbons (Fsp3) is 0.0870. The van der Waals surface area contributed by atoms with Crippen LogP contribution in [0.4, 0.5) is 5.69 Å². The van der Waals surface area contributed by atoms with Gasteiger partial charge >= 0.3 is 5.97 Å². The largest absolute Gasteiger partial charge is 0.465 e. The lowest BCUT2D eigenvalue weighted by Crippen LogP contribution is -2.39. The lowest BCUT2D eigenvalue weighted by atomic mass is 10.1. The second-order valence-electron chi connectivity index (χ2n) is 6.86. The summed E-state index contributed by atoms with van der Waals surface area (Å²) in [5.74, 6) is -1.17. The Bertz CT molecular complexity index is 1290. The van der Waals surface area contributed by atoms with Crippen molar-refractivity contribution in [3.05, 3.63) is 94.0 Å². The Kier molecular flexibility index (Phi) is 8.27. The van der Waals surface area contributed by atoms with Crippen molar-refractivity contribution < 1.29 is 22.7 Å². The first-order valence-corrected chi connectivity index (χ1v) is 11.9. The van der Waals surface area contributed by atoms with Crippen molar-refractivity contribution in [3.63, 3.8) is 0 Å². The molecule has 0 bridgehead atoms. The van der Waals surface area contributed by atoms with Crippen molar-refractivity contribution in [2.45, 2.75) is 4.90 Å². The van der Waals surface area contributed by atoms with E-state index in [0.717, 1.165) is 4.31 Å². The summed E-state index contributed by atoms with van der Waals surface area (Å²) in [6.07, 6.45) is 1.35. The molecule has 0 saturated heterocycles. The molecule has 0 aromatic heterocycles. The van der Waals surface area contributed by atoms with Crippen LogP contribution >= 0.6 is 23.2 Å². The molecule has 0 spiro atoms. The molecule has 11 heteroatoms. The molecule has 3 aromatic rings. The molecule has 0 unspecified atom stereocenters. The Morgan fingerprint density at radius 2 is 1.62 bits per heavy atom. The van der Waals surface area contributed by atoms with E-state index in [2.05, 4.69) is 15.3 Å². The van der Waals surface area contributed by atoms with E-state index in [9.17, 15) is 18.0 Å². The summed E-state index contributed by atoms with van der Waals surface area (Å²) >= 11 is 12.1. The highest BCUT2D eigenvalue weighted by Crippen LogP contribution is 2.29. The minimum absolute atomic E-state index is 0.00639. The number of esters is 1. The van der Waals surface area contributed by atoms with Gasteiger partial charge in [-0.05, 0) is 48.0 Å². The maximum absolute atomic E-state index is 13.3. The number of amides is 1. The van der Waals surface area contributed by atoms with E-state index in [1.807, 2.05) is 0 Å². The van der Waals surface area contributed by atoms with Crippen molar-refractivity contribution in [1.29, 1.82) is 0 Å². The predicted octanol–water partition coefficient (Wildman–Crippen LogP) is 4.13. The number of benzene rings is 3. The number of anilines is 1. The van der Waals surface area contributed by atoms with E-state index < -0.39 is 28.4 Å². The van der Waals surface area contributed by atoms with Gasteiger partial charge in [0.05, 0.1) is 29.5 Å². The van der Waals surface area contributed by atoms with Gasteiger partial charge in [-0.15, -0.1) is 0 Å². The monoisotopic (exact) mass is 519 g/mol. The Morgan fingerprint density at radius 1 is 1.00 bits per heavy atom. The molecule has 0 radical (unpaired) electrons. The third-order valence-corrected chi connectivity index (χ3v) is 6.71. The maximum Gasteiger partial charge on any atom is 0.337 e. The number of halogens is 2. The summed E-state index contributed by atoms with van der Waals surface area (Å²) in [4.78, 5) is 24.1. The zero-order valence-electron chi connectivity index (χ0n) is 17.8. The van der Waals surface area contributed by atoms with Crippen LogP contribution in [0, 0.1) is 0 Å². The van der Waals surface area contributed by atoms with Crippen LogP contribution in [0.5, 0.6) is 0 Å². The number of ether oxygens (including phenoxy) is 1. The molecule has 1 N–H and O–H groups in total. The van der Waals surface area contributed by atoms with Crippen molar-refractivity contribution in [3.8, 4) is 0 Å². The molecule has 0 heterocycles. The molecule has 0 fully saturated rings. The number of rotatable bonds is 8. The highest BCUT2D eigenvalue weighted by molar-refractivity contribution is 7.92. The van der Waals surface area contributed by atoms with Crippen molar-refractivity contribution in [2.24, 2.45) is 5.10 Å².